The Morgan fingerprint density at radius 1 is 1.23 bits per heavy atom. The largest absolute Gasteiger partial charge is 0.493 e. The number of aromatic nitrogens is 2. The van der Waals surface area contributed by atoms with Gasteiger partial charge in [0, 0.05) is 45.1 Å². The zero-order valence-corrected chi connectivity index (χ0v) is 21.5. The Kier molecular flexibility index (Phi) is 8.24. The first-order chi connectivity index (χ1) is 16.8. The van der Waals surface area contributed by atoms with Gasteiger partial charge in [-0.3, -0.25) is 4.79 Å². The van der Waals surface area contributed by atoms with Gasteiger partial charge in [0.2, 0.25) is 11.9 Å². The van der Waals surface area contributed by atoms with E-state index in [4.69, 9.17) is 4.74 Å². The van der Waals surface area contributed by atoms with Gasteiger partial charge in [0.15, 0.2) is 0 Å². The van der Waals surface area contributed by atoms with E-state index in [0.717, 1.165) is 42.9 Å². The molecule has 2 fully saturated rings. The van der Waals surface area contributed by atoms with Gasteiger partial charge in [-0.1, -0.05) is 19.9 Å². The number of hydrogen-bond acceptors (Lipinski definition) is 5. The lowest BCUT2D eigenvalue weighted by atomic mass is 9.90. The van der Waals surface area contributed by atoms with Crippen LogP contribution in [-0.4, -0.2) is 54.1 Å². The number of hydrogen-bond donors (Lipinski definition) is 0. The van der Waals surface area contributed by atoms with E-state index in [9.17, 15) is 9.18 Å². The van der Waals surface area contributed by atoms with Crippen molar-refractivity contribution in [2.24, 2.45) is 23.7 Å². The summed E-state index contributed by atoms with van der Waals surface area (Å²) in [7, 11) is 1.77. The normalized spacial score (nSPS) is 20.2. The summed E-state index contributed by atoms with van der Waals surface area (Å²) in [6.07, 6.45) is 8.51. The second-order valence-corrected chi connectivity index (χ2v) is 10.8. The van der Waals surface area contributed by atoms with Gasteiger partial charge in [-0.15, -0.1) is 0 Å². The Labute approximate surface area is 208 Å². The summed E-state index contributed by atoms with van der Waals surface area (Å²) in [6.45, 7) is 9.45. The summed E-state index contributed by atoms with van der Waals surface area (Å²) in [5.41, 5.74) is 1.51. The molecule has 0 bridgehead atoms. The molecule has 2 aromatic rings. The van der Waals surface area contributed by atoms with E-state index >= 15 is 0 Å². The molecule has 35 heavy (non-hydrogen) atoms. The summed E-state index contributed by atoms with van der Waals surface area (Å²) in [4.78, 5) is 25.2. The molecule has 1 aliphatic carbocycles. The standard InChI is InChI=1S/C28H39FN4O2/c1-19(2)18-32(4)27(34)14-23-5-6-24(15-26(23)29)35-12-9-22-13-25(22)21-7-10-33(11-8-21)28-30-16-20(3)17-31-28/h5-6,15-17,19,21-22,25H,7-14,18H2,1-4H3/t22-,25-/m1/s1. The Balaban J connectivity index is 1.16. The SMILES string of the molecule is Cc1cnc(N2CCC([C@H]3C[C@H]3CCOc3ccc(CC(=O)N(C)CC(C)C)c(F)c3)CC2)nc1. The van der Waals surface area contributed by atoms with E-state index in [-0.39, 0.29) is 18.1 Å². The fourth-order valence-electron chi connectivity index (χ4n) is 5.29. The van der Waals surface area contributed by atoms with Gasteiger partial charge >= 0.3 is 0 Å². The van der Waals surface area contributed by atoms with Gasteiger partial charge in [-0.05, 0) is 73.5 Å². The van der Waals surface area contributed by atoms with Crippen LogP contribution < -0.4 is 9.64 Å². The van der Waals surface area contributed by atoms with E-state index in [1.807, 2.05) is 19.3 Å². The van der Waals surface area contributed by atoms with Crippen LogP contribution >= 0.6 is 0 Å². The van der Waals surface area contributed by atoms with Crippen LogP contribution in [0, 0.1) is 36.4 Å². The van der Waals surface area contributed by atoms with Crippen molar-refractivity contribution in [2.45, 2.75) is 52.9 Å². The third-order valence-corrected chi connectivity index (χ3v) is 7.36. The molecule has 1 saturated carbocycles. The van der Waals surface area contributed by atoms with Crippen molar-refractivity contribution in [3.63, 3.8) is 0 Å². The molecule has 1 aromatic heterocycles. The third kappa shape index (κ3) is 6.92. The monoisotopic (exact) mass is 482 g/mol. The smallest absolute Gasteiger partial charge is 0.226 e. The van der Waals surface area contributed by atoms with Gasteiger partial charge in [0.25, 0.3) is 0 Å². The van der Waals surface area contributed by atoms with Crippen molar-refractivity contribution in [3.8, 4) is 5.75 Å². The molecule has 0 spiro atoms. The number of carbonyl (C=O) groups excluding carboxylic acids is 1. The number of likely N-dealkylation sites (N-methyl/N-ethyl adjacent to an activating group) is 1. The van der Waals surface area contributed by atoms with Gasteiger partial charge in [0.1, 0.15) is 11.6 Å². The van der Waals surface area contributed by atoms with Crippen molar-refractivity contribution in [1.82, 2.24) is 14.9 Å². The topological polar surface area (TPSA) is 58.6 Å². The molecule has 2 aliphatic rings. The van der Waals surface area contributed by atoms with Crippen molar-refractivity contribution in [2.75, 3.05) is 38.2 Å². The zero-order chi connectivity index (χ0) is 24.9. The summed E-state index contributed by atoms with van der Waals surface area (Å²) in [5.74, 6) is 3.60. The van der Waals surface area contributed by atoms with Crippen LogP contribution in [0.15, 0.2) is 30.6 Å². The van der Waals surface area contributed by atoms with Crippen LogP contribution in [0.4, 0.5) is 10.3 Å². The molecule has 1 aromatic carbocycles. The highest BCUT2D eigenvalue weighted by atomic mass is 19.1. The fourth-order valence-corrected chi connectivity index (χ4v) is 5.29. The quantitative estimate of drug-likeness (QED) is 0.482. The summed E-state index contributed by atoms with van der Waals surface area (Å²) in [6, 6.07) is 4.87. The number of aryl methyl sites for hydroxylation is 1. The Morgan fingerprint density at radius 3 is 2.60 bits per heavy atom. The van der Waals surface area contributed by atoms with Gasteiger partial charge < -0.3 is 14.5 Å². The molecule has 4 rings (SSSR count). The number of amides is 1. The third-order valence-electron chi connectivity index (χ3n) is 7.36. The first-order valence-corrected chi connectivity index (χ1v) is 13.0. The van der Waals surface area contributed by atoms with Crippen molar-refractivity contribution in [1.29, 1.82) is 0 Å². The highest BCUT2D eigenvalue weighted by Crippen LogP contribution is 2.49. The zero-order valence-electron chi connectivity index (χ0n) is 21.5. The molecule has 2 atom stereocenters. The minimum atomic E-state index is -0.373. The van der Waals surface area contributed by atoms with Gasteiger partial charge in [0.05, 0.1) is 13.0 Å². The molecular formula is C28H39FN4O2. The van der Waals surface area contributed by atoms with Crippen LogP contribution in [0.2, 0.25) is 0 Å². The van der Waals surface area contributed by atoms with Crippen LogP contribution in [-0.2, 0) is 11.2 Å². The lowest BCUT2D eigenvalue weighted by molar-refractivity contribution is -0.129. The number of benzene rings is 1. The minimum Gasteiger partial charge on any atom is -0.493 e. The molecule has 2 heterocycles. The number of piperidine rings is 1. The number of ether oxygens (including phenoxy) is 1. The minimum absolute atomic E-state index is 0.0664. The summed E-state index contributed by atoms with van der Waals surface area (Å²) < 4.78 is 20.4. The number of rotatable bonds is 10. The average molecular weight is 483 g/mol. The van der Waals surface area contributed by atoms with E-state index < -0.39 is 0 Å². The predicted molar refractivity (Wildman–Crippen MR) is 136 cm³/mol. The Morgan fingerprint density at radius 2 is 1.94 bits per heavy atom. The molecule has 7 heteroatoms. The maximum Gasteiger partial charge on any atom is 0.226 e. The van der Waals surface area contributed by atoms with Crippen LogP contribution in [0.3, 0.4) is 0 Å². The number of nitrogens with zero attached hydrogens (tertiary/aromatic N) is 4. The van der Waals surface area contributed by atoms with E-state index in [0.29, 0.717) is 36.3 Å². The molecule has 1 saturated heterocycles. The number of anilines is 1. The second-order valence-electron chi connectivity index (χ2n) is 10.8. The predicted octanol–water partition coefficient (Wildman–Crippen LogP) is 4.90. The molecule has 0 unspecified atom stereocenters. The Hall–Kier alpha value is -2.70. The van der Waals surface area contributed by atoms with Crippen molar-refractivity contribution in [3.05, 3.63) is 47.5 Å². The maximum absolute atomic E-state index is 14.5. The van der Waals surface area contributed by atoms with E-state index in [1.54, 1.807) is 24.1 Å². The van der Waals surface area contributed by atoms with Gasteiger partial charge in [-0.2, -0.15) is 0 Å². The van der Waals surface area contributed by atoms with E-state index in [1.165, 1.54) is 25.3 Å². The van der Waals surface area contributed by atoms with E-state index in [2.05, 4.69) is 28.7 Å². The number of carbonyl (C=O) groups is 1. The molecule has 6 nitrogen and oxygen atoms in total. The second kappa shape index (κ2) is 11.4. The molecule has 190 valence electrons. The lowest BCUT2D eigenvalue weighted by Crippen LogP contribution is -2.35. The van der Waals surface area contributed by atoms with Crippen molar-refractivity contribution < 1.29 is 13.9 Å². The van der Waals surface area contributed by atoms with Gasteiger partial charge in [-0.25, -0.2) is 14.4 Å². The first kappa shape index (κ1) is 25.4. The molecular weight excluding hydrogens is 443 g/mol. The average Bonchev–Trinajstić information content (AvgIpc) is 3.60. The molecule has 1 amide bonds. The van der Waals surface area contributed by atoms with Crippen LogP contribution in [0.5, 0.6) is 5.75 Å². The fraction of sp³-hybridized carbons (Fsp3) is 0.607. The Bertz CT molecular complexity index is 989. The number of halogens is 1. The molecule has 0 radical (unpaired) electrons. The lowest BCUT2D eigenvalue weighted by Gasteiger charge is -2.32. The first-order valence-electron chi connectivity index (χ1n) is 13.0. The van der Waals surface area contributed by atoms with Crippen LogP contribution in [0.25, 0.3) is 0 Å². The maximum atomic E-state index is 14.5. The molecule has 1 aliphatic heterocycles. The highest BCUT2D eigenvalue weighted by molar-refractivity contribution is 5.78. The highest BCUT2D eigenvalue weighted by Gasteiger charge is 2.43. The van der Waals surface area contributed by atoms with Crippen molar-refractivity contribution >= 4 is 11.9 Å². The van der Waals surface area contributed by atoms with Crippen LogP contribution in [0.1, 0.15) is 50.7 Å². The molecule has 0 N–H and O–H groups in total. The summed E-state index contributed by atoms with van der Waals surface area (Å²) >= 11 is 0. The summed E-state index contributed by atoms with van der Waals surface area (Å²) in [5, 5.41) is 0.